The van der Waals surface area contributed by atoms with Crippen molar-refractivity contribution in [3.63, 3.8) is 0 Å². The molecule has 2 rings (SSSR count). The molecule has 1 N–H and O–H groups in total. The van der Waals surface area contributed by atoms with Crippen molar-refractivity contribution >= 4 is 34.8 Å². The molecule has 2 aromatic rings. The summed E-state index contributed by atoms with van der Waals surface area (Å²) in [7, 11) is 0. The minimum Gasteiger partial charge on any atom is -0.326 e. The highest BCUT2D eigenvalue weighted by Gasteiger charge is 2.04. The van der Waals surface area contributed by atoms with Gasteiger partial charge in [-0.3, -0.25) is 4.79 Å². The van der Waals surface area contributed by atoms with Gasteiger partial charge in [-0.05, 0) is 35.9 Å². The van der Waals surface area contributed by atoms with Gasteiger partial charge in [-0.2, -0.15) is 0 Å². The Labute approximate surface area is 116 Å². The normalized spacial score (nSPS) is 10.1. The van der Waals surface area contributed by atoms with Crippen LogP contribution in [0.1, 0.15) is 5.56 Å². The number of rotatable bonds is 3. The molecular weight excluding hydrogens is 269 g/mol. The molecule has 0 aliphatic carbocycles. The van der Waals surface area contributed by atoms with Crippen molar-refractivity contribution in [2.45, 2.75) is 6.42 Å². The molecular formula is C14H11Cl2NO. The van der Waals surface area contributed by atoms with Gasteiger partial charge >= 0.3 is 0 Å². The Morgan fingerprint density at radius 1 is 1.00 bits per heavy atom. The van der Waals surface area contributed by atoms with Crippen LogP contribution in [0.5, 0.6) is 0 Å². The summed E-state index contributed by atoms with van der Waals surface area (Å²) in [6.45, 7) is 0. The van der Waals surface area contributed by atoms with Crippen LogP contribution in [0.25, 0.3) is 0 Å². The number of anilines is 1. The number of hydrogen-bond donors (Lipinski definition) is 1. The number of nitrogens with one attached hydrogen (secondary N) is 1. The second-order valence-electron chi connectivity index (χ2n) is 3.86. The molecule has 4 heteroatoms. The van der Waals surface area contributed by atoms with Crippen molar-refractivity contribution in [3.8, 4) is 0 Å². The first-order valence-electron chi connectivity index (χ1n) is 5.43. The maximum absolute atomic E-state index is 11.8. The fourth-order valence-electron chi connectivity index (χ4n) is 1.56. The monoisotopic (exact) mass is 279 g/mol. The molecule has 18 heavy (non-hydrogen) atoms. The van der Waals surface area contributed by atoms with E-state index in [1.165, 1.54) is 0 Å². The molecule has 0 unspecified atom stereocenters. The highest BCUT2D eigenvalue weighted by molar-refractivity contribution is 6.31. The van der Waals surface area contributed by atoms with Crippen LogP contribution in [0.2, 0.25) is 10.0 Å². The second kappa shape index (κ2) is 5.89. The van der Waals surface area contributed by atoms with Gasteiger partial charge in [0.15, 0.2) is 0 Å². The molecule has 0 radical (unpaired) electrons. The van der Waals surface area contributed by atoms with E-state index in [-0.39, 0.29) is 5.91 Å². The maximum atomic E-state index is 11.8. The first-order chi connectivity index (χ1) is 8.63. The van der Waals surface area contributed by atoms with Crippen molar-refractivity contribution in [2.24, 2.45) is 0 Å². The summed E-state index contributed by atoms with van der Waals surface area (Å²) >= 11 is 11.6. The predicted octanol–water partition coefficient (Wildman–Crippen LogP) is 4.17. The smallest absolute Gasteiger partial charge is 0.228 e. The molecule has 0 saturated carbocycles. The fourth-order valence-corrected chi connectivity index (χ4v) is 1.88. The summed E-state index contributed by atoms with van der Waals surface area (Å²) in [5.74, 6) is -0.0837. The zero-order valence-electron chi connectivity index (χ0n) is 9.49. The van der Waals surface area contributed by atoms with E-state index < -0.39 is 0 Å². The number of benzene rings is 2. The Bertz CT molecular complexity index is 552. The van der Waals surface area contributed by atoms with Gasteiger partial charge in [0.25, 0.3) is 0 Å². The van der Waals surface area contributed by atoms with Gasteiger partial charge in [-0.1, -0.05) is 41.4 Å². The lowest BCUT2D eigenvalue weighted by Gasteiger charge is -2.05. The Balaban J connectivity index is 1.98. The number of halogens is 2. The van der Waals surface area contributed by atoms with Crippen LogP contribution in [0.4, 0.5) is 5.69 Å². The SMILES string of the molecule is O=C(Cc1ccc(Cl)cc1)Nc1cccc(Cl)c1. The summed E-state index contributed by atoms with van der Waals surface area (Å²) in [5, 5.41) is 4.05. The van der Waals surface area contributed by atoms with E-state index in [0.29, 0.717) is 22.2 Å². The van der Waals surface area contributed by atoms with Gasteiger partial charge in [0, 0.05) is 15.7 Å². The molecule has 0 aliphatic heterocycles. The minimum atomic E-state index is -0.0837. The molecule has 0 saturated heterocycles. The van der Waals surface area contributed by atoms with Crippen LogP contribution >= 0.6 is 23.2 Å². The van der Waals surface area contributed by atoms with Gasteiger partial charge in [0.2, 0.25) is 5.91 Å². The number of carbonyl (C=O) groups excluding carboxylic acids is 1. The highest BCUT2D eigenvalue weighted by atomic mass is 35.5. The first-order valence-corrected chi connectivity index (χ1v) is 6.19. The molecule has 0 aromatic heterocycles. The quantitative estimate of drug-likeness (QED) is 0.898. The summed E-state index contributed by atoms with van der Waals surface area (Å²) in [4.78, 5) is 11.8. The lowest BCUT2D eigenvalue weighted by atomic mass is 10.1. The van der Waals surface area contributed by atoms with Gasteiger partial charge in [0.1, 0.15) is 0 Å². The van der Waals surface area contributed by atoms with E-state index >= 15 is 0 Å². The molecule has 2 aromatic carbocycles. The van der Waals surface area contributed by atoms with Crippen molar-refractivity contribution in [3.05, 3.63) is 64.1 Å². The number of carbonyl (C=O) groups is 1. The molecule has 2 nitrogen and oxygen atoms in total. The first kappa shape index (κ1) is 12.9. The van der Waals surface area contributed by atoms with Crippen LogP contribution in [-0.2, 0) is 11.2 Å². The molecule has 0 heterocycles. The Kier molecular flexibility index (Phi) is 4.24. The molecule has 92 valence electrons. The van der Waals surface area contributed by atoms with Crippen molar-refractivity contribution in [2.75, 3.05) is 5.32 Å². The molecule has 0 atom stereocenters. The predicted molar refractivity (Wildman–Crippen MR) is 75.2 cm³/mol. The van der Waals surface area contributed by atoms with Gasteiger partial charge < -0.3 is 5.32 Å². The topological polar surface area (TPSA) is 29.1 Å². The third-order valence-corrected chi connectivity index (χ3v) is 2.87. The van der Waals surface area contributed by atoms with Gasteiger partial charge in [-0.15, -0.1) is 0 Å². The Hall–Kier alpha value is -1.51. The molecule has 0 bridgehead atoms. The minimum absolute atomic E-state index is 0.0837. The van der Waals surface area contributed by atoms with Crippen LogP contribution in [-0.4, -0.2) is 5.91 Å². The molecule has 0 fully saturated rings. The van der Waals surface area contributed by atoms with Crippen LogP contribution < -0.4 is 5.32 Å². The van der Waals surface area contributed by atoms with E-state index in [4.69, 9.17) is 23.2 Å². The van der Waals surface area contributed by atoms with Crippen LogP contribution in [0.15, 0.2) is 48.5 Å². The molecule has 1 amide bonds. The highest BCUT2D eigenvalue weighted by Crippen LogP contribution is 2.15. The zero-order chi connectivity index (χ0) is 13.0. The third kappa shape index (κ3) is 3.76. The van der Waals surface area contributed by atoms with Crippen molar-refractivity contribution in [1.29, 1.82) is 0 Å². The van der Waals surface area contributed by atoms with Crippen molar-refractivity contribution < 1.29 is 4.79 Å². The van der Waals surface area contributed by atoms with E-state index in [1.54, 1.807) is 36.4 Å². The summed E-state index contributed by atoms with van der Waals surface area (Å²) < 4.78 is 0. The van der Waals surface area contributed by atoms with Crippen molar-refractivity contribution in [1.82, 2.24) is 0 Å². The average molecular weight is 280 g/mol. The zero-order valence-corrected chi connectivity index (χ0v) is 11.0. The largest absolute Gasteiger partial charge is 0.326 e. The number of hydrogen-bond acceptors (Lipinski definition) is 1. The fraction of sp³-hybridized carbons (Fsp3) is 0.0714. The maximum Gasteiger partial charge on any atom is 0.228 e. The van der Waals surface area contributed by atoms with Crippen LogP contribution in [0.3, 0.4) is 0 Å². The lowest BCUT2D eigenvalue weighted by molar-refractivity contribution is -0.115. The Morgan fingerprint density at radius 3 is 2.39 bits per heavy atom. The van der Waals surface area contributed by atoms with Crippen LogP contribution in [0, 0.1) is 0 Å². The second-order valence-corrected chi connectivity index (χ2v) is 4.73. The van der Waals surface area contributed by atoms with E-state index in [9.17, 15) is 4.79 Å². The van der Waals surface area contributed by atoms with Gasteiger partial charge in [0.05, 0.1) is 6.42 Å². The van der Waals surface area contributed by atoms with E-state index in [0.717, 1.165) is 5.56 Å². The summed E-state index contributed by atoms with van der Waals surface area (Å²) in [6.07, 6.45) is 0.309. The third-order valence-electron chi connectivity index (χ3n) is 2.39. The number of amides is 1. The summed E-state index contributed by atoms with van der Waals surface area (Å²) in [6, 6.07) is 14.3. The van der Waals surface area contributed by atoms with Gasteiger partial charge in [-0.25, -0.2) is 0 Å². The average Bonchev–Trinajstić information content (AvgIpc) is 2.32. The van der Waals surface area contributed by atoms with E-state index in [2.05, 4.69) is 5.32 Å². The standard InChI is InChI=1S/C14H11Cl2NO/c15-11-6-4-10(5-7-11)8-14(18)17-13-3-1-2-12(16)9-13/h1-7,9H,8H2,(H,17,18). The lowest BCUT2D eigenvalue weighted by Crippen LogP contribution is -2.14. The summed E-state index contributed by atoms with van der Waals surface area (Å²) in [5.41, 5.74) is 1.61. The van der Waals surface area contributed by atoms with E-state index in [1.807, 2.05) is 12.1 Å². The Morgan fingerprint density at radius 2 is 1.72 bits per heavy atom. The molecule has 0 aliphatic rings. The molecule has 0 spiro atoms.